The zero-order valence-corrected chi connectivity index (χ0v) is 11.6. The van der Waals surface area contributed by atoms with Gasteiger partial charge < -0.3 is 5.32 Å². The van der Waals surface area contributed by atoms with Crippen LogP contribution in [0.5, 0.6) is 0 Å². The second kappa shape index (κ2) is 6.67. The van der Waals surface area contributed by atoms with Crippen LogP contribution in [0.15, 0.2) is 12.3 Å². The SMILES string of the molecule is CCNC(CCc1ccnn1C)C(C(F)(F)F)C(F)(F)F. The summed E-state index contributed by atoms with van der Waals surface area (Å²) in [5, 5.41) is 6.14. The Bertz CT molecular complexity index is 423. The molecular formula is C12H17F6N3. The fourth-order valence-electron chi connectivity index (χ4n) is 2.24. The van der Waals surface area contributed by atoms with Crippen LogP contribution in [-0.4, -0.2) is 34.7 Å². The van der Waals surface area contributed by atoms with Gasteiger partial charge in [0.15, 0.2) is 5.92 Å². The molecule has 21 heavy (non-hydrogen) atoms. The van der Waals surface area contributed by atoms with Crippen LogP contribution in [0.25, 0.3) is 0 Å². The summed E-state index contributed by atoms with van der Waals surface area (Å²) in [6.45, 7) is 1.50. The van der Waals surface area contributed by atoms with Gasteiger partial charge in [0.05, 0.1) is 0 Å². The minimum Gasteiger partial charge on any atom is -0.313 e. The maximum Gasteiger partial charge on any atom is 0.401 e. The van der Waals surface area contributed by atoms with E-state index >= 15 is 0 Å². The normalized spacial score (nSPS) is 14.7. The molecule has 1 aromatic rings. The predicted octanol–water partition coefficient (Wildman–Crippen LogP) is 3.07. The number of aromatic nitrogens is 2. The van der Waals surface area contributed by atoms with Crippen molar-refractivity contribution in [1.29, 1.82) is 0 Å². The zero-order chi connectivity index (χ0) is 16.3. The molecule has 0 saturated carbocycles. The number of hydrogen-bond donors (Lipinski definition) is 1. The van der Waals surface area contributed by atoms with Crippen LogP contribution in [0.4, 0.5) is 26.3 Å². The van der Waals surface area contributed by atoms with Gasteiger partial charge in [0, 0.05) is 25.0 Å². The number of alkyl halides is 6. The summed E-state index contributed by atoms with van der Waals surface area (Å²) < 4.78 is 78.0. The quantitative estimate of drug-likeness (QED) is 0.817. The van der Waals surface area contributed by atoms with Gasteiger partial charge in [-0.3, -0.25) is 4.68 Å². The minimum absolute atomic E-state index is 0.0265. The second-order valence-corrected chi connectivity index (χ2v) is 4.71. The van der Waals surface area contributed by atoms with E-state index in [2.05, 4.69) is 10.4 Å². The van der Waals surface area contributed by atoms with Crippen molar-refractivity contribution in [2.45, 2.75) is 38.2 Å². The third kappa shape index (κ3) is 4.90. The van der Waals surface area contributed by atoms with Gasteiger partial charge in [0.1, 0.15) is 0 Å². The first kappa shape index (κ1) is 17.8. The number of rotatable bonds is 6. The van der Waals surface area contributed by atoms with Crippen molar-refractivity contribution in [3.05, 3.63) is 18.0 Å². The molecule has 0 aromatic carbocycles. The molecule has 0 radical (unpaired) electrons. The number of hydrogen-bond acceptors (Lipinski definition) is 2. The number of aryl methyl sites for hydroxylation is 2. The lowest BCUT2D eigenvalue weighted by Crippen LogP contribution is -2.51. The monoisotopic (exact) mass is 317 g/mol. The van der Waals surface area contributed by atoms with E-state index in [-0.39, 0.29) is 19.4 Å². The number of halogens is 6. The van der Waals surface area contributed by atoms with E-state index in [1.165, 1.54) is 17.8 Å². The van der Waals surface area contributed by atoms with Crippen LogP contribution in [0.1, 0.15) is 19.0 Å². The summed E-state index contributed by atoms with van der Waals surface area (Å²) in [4.78, 5) is 0. The van der Waals surface area contributed by atoms with Crippen LogP contribution >= 0.6 is 0 Å². The van der Waals surface area contributed by atoms with Crippen molar-refractivity contribution in [3.8, 4) is 0 Å². The van der Waals surface area contributed by atoms with E-state index in [1.54, 1.807) is 13.1 Å². The highest BCUT2D eigenvalue weighted by molar-refractivity contribution is 5.01. The molecule has 0 saturated heterocycles. The highest BCUT2D eigenvalue weighted by Crippen LogP contribution is 2.42. The van der Waals surface area contributed by atoms with E-state index in [0.29, 0.717) is 5.69 Å². The Labute approximate surface area is 118 Å². The van der Waals surface area contributed by atoms with Crippen molar-refractivity contribution in [3.63, 3.8) is 0 Å². The maximum absolute atomic E-state index is 12.8. The molecular weight excluding hydrogens is 300 g/mol. The Morgan fingerprint density at radius 2 is 1.76 bits per heavy atom. The molecule has 1 aromatic heterocycles. The zero-order valence-electron chi connectivity index (χ0n) is 11.6. The fraction of sp³-hybridized carbons (Fsp3) is 0.750. The standard InChI is InChI=1S/C12H17F6N3/c1-3-19-9(5-4-8-6-7-20-21(8)2)10(11(13,14)15)12(16,17)18/h6-7,9-10,19H,3-5H2,1-2H3. The van der Waals surface area contributed by atoms with Crippen molar-refractivity contribution < 1.29 is 26.3 Å². The first-order valence-corrected chi connectivity index (χ1v) is 6.41. The first-order chi connectivity index (χ1) is 9.57. The largest absolute Gasteiger partial charge is 0.401 e. The molecule has 0 aliphatic carbocycles. The summed E-state index contributed by atoms with van der Waals surface area (Å²) in [6, 6.07) is -0.149. The summed E-state index contributed by atoms with van der Waals surface area (Å²) in [6.07, 6.45) is -9.43. The lowest BCUT2D eigenvalue weighted by Gasteiger charge is -2.31. The molecule has 0 spiro atoms. The Kier molecular flexibility index (Phi) is 5.66. The lowest BCUT2D eigenvalue weighted by atomic mass is 9.93. The van der Waals surface area contributed by atoms with Crippen molar-refractivity contribution in [2.24, 2.45) is 13.0 Å². The Morgan fingerprint density at radius 1 is 1.19 bits per heavy atom. The molecule has 0 amide bonds. The number of nitrogens with zero attached hydrogens (tertiary/aromatic N) is 2. The van der Waals surface area contributed by atoms with E-state index in [0.717, 1.165) is 0 Å². The molecule has 0 aliphatic heterocycles. The number of nitrogens with one attached hydrogen (secondary N) is 1. The maximum atomic E-state index is 12.8. The highest BCUT2D eigenvalue weighted by Gasteiger charge is 2.59. The van der Waals surface area contributed by atoms with Crippen LogP contribution in [0, 0.1) is 5.92 Å². The molecule has 0 aliphatic rings. The average Bonchev–Trinajstić information content (AvgIpc) is 2.68. The van der Waals surface area contributed by atoms with Gasteiger partial charge in [-0.15, -0.1) is 0 Å². The Hall–Kier alpha value is -1.25. The van der Waals surface area contributed by atoms with E-state index in [9.17, 15) is 26.3 Å². The second-order valence-electron chi connectivity index (χ2n) is 4.71. The Morgan fingerprint density at radius 3 is 2.14 bits per heavy atom. The summed E-state index contributed by atoms with van der Waals surface area (Å²) >= 11 is 0. The van der Waals surface area contributed by atoms with Gasteiger partial charge in [0.2, 0.25) is 0 Å². The molecule has 0 bridgehead atoms. The van der Waals surface area contributed by atoms with Crippen LogP contribution in [0.3, 0.4) is 0 Å². The van der Waals surface area contributed by atoms with Gasteiger partial charge in [-0.25, -0.2) is 0 Å². The molecule has 1 heterocycles. The lowest BCUT2D eigenvalue weighted by molar-refractivity contribution is -0.292. The third-order valence-corrected chi connectivity index (χ3v) is 3.21. The smallest absolute Gasteiger partial charge is 0.313 e. The van der Waals surface area contributed by atoms with Gasteiger partial charge in [-0.05, 0) is 25.5 Å². The van der Waals surface area contributed by atoms with E-state index in [4.69, 9.17) is 0 Å². The van der Waals surface area contributed by atoms with Crippen LogP contribution in [-0.2, 0) is 13.5 Å². The predicted molar refractivity (Wildman–Crippen MR) is 64.6 cm³/mol. The minimum atomic E-state index is -5.34. The Balaban J connectivity index is 2.89. The first-order valence-electron chi connectivity index (χ1n) is 6.41. The average molecular weight is 317 g/mol. The topological polar surface area (TPSA) is 29.9 Å². The van der Waals surface area contributed by atoms with Crippen LogP contribution < -0.4 is 5.32 Å². The molecule has 1 N–H and O–H groups in total. The molecule has 1 unspecified atom stereocenters. The van der Waals surface area contributed by atoms with Gasteiger partial charge in [0.25, 0.3) is 0 Å². The summed E-state index contributed by atoms with van der Waals surface area (Å²) in [5.74, 6) is -3.38. The van der Waals surface area contributed by atoms with Crippen molar-refractivity contribution in [2.75, 3.05) is 6.54 Å². The van der Waals surface area contributed by atoms with Gasteiger partial charge >= 0.3 is 12.4 Å². The molecule has 3 nitrogen and oxygen atoms in total. The fourth-order valence-corrected chi connectivity index (χ4v) is 2.24. The highest BCUT2D eigenvalue weighted by atomic mass is 19.4. The van der Waals surface area contributed by atoms with E-state index < -0.39 is 24.3 Å². The molecule has 122 valence electrons. The van der Waals surface area contributed by atoms with Gasteiger partial charge in [-0.1, -0.05) is 6.92 Å². The van der Waals surface area contributed by atoms with Crippen molar-refractivity contribution in [1.82, 2.24) is 15.1 Å². The summed E-state index contributed by atoms with van der Waals surface area (Å²) in [5.41, 5.74) is 0.584. The molecule has 1 rings (SSSR count). The third-order valence-electron chi connectivity index (χ3n) is 3.21. The molecule has 9 heteroatoms. The molecule has 1 atom stereocenters. The van der Waals surface area contributed by atoms with Crippen molar-refractivity contribution >= 4 is 0 Å². The van der Waals surface area contributed by atoms with Gasteiger partial charge in [-0.2, -0.15) is 31.4 Å². The molecule has 0 fully saturated rings. The summed E-state index contributed by atoms with van der Waals surface area (Å²) in [7, 11) is 1.59. The van der Waals surface area contributed by atoms with E-state index in [1.807, 2.05) is 0 Å². The van der Waals surface area contributed by atoms with Crippen LogP contribution in [0.2, 0.25) is 0 Å².